The summed E-state index contributed by atoms with van der Waals surface area (Å²) in [5.74, 6) is 0.819. The van der Waals surface area contributed by atoms with Crippen molar-refractivity contribution in [2.75, 3.05) is 33.6 Å². The molecule has 0 atom stereocenters. The van der Waals surface area contributed by atoms with Gasteiger partial charge in [-0.25, -0.2) is 26.0 Å². The minimum Gasteiger partial charge on any atom is -0.744 e. The Kier molecular flexibility index (Phi) is 16.8. The largest absolute Gasteiger partial charge is 0.744 e. The first-order valence-corrected chi connectivity index (χ1v) is 23.5. The van der Waals surface area contributed by atoms with Crippen LogP contribution in [-0.4, -0.2) is 47.7 Å². The molecular formula is C48H50N10O8S2. The van der Waals surface area contributed by atoms with Gasteiger partial charge in [-0.05, 0) is 111 Å². The Morgan fingerprint density at radius 2 is 0.956 bits per heavy atom. The van der Waals surface area contributed by atoms with E-state index in [1.807, 2.05) is 73.5 Å². The molecule has 2 aromatic heterocycles. The number of nitrogen functional groups attached to an aromatic ring is 4. The molecule has 0 bridgehead atoms. The molecule has 20 heteroatoms. The normalized spacial score (nSPS) is 11.1. The molecule has 0 aliphatic carbocycles. The van der Waals surface area contributed by atoms with Gasteiger partial charge in [-0.2, -0.15) is 0 Å². The van der Waals surface area contributed by atoms with E-state index in [-0.39, 0.29) is 21.6 Å². The molecule has 2 amide bonds. The Labute approximate surface area is 394 Å². The second-order valence-electron chi connectivity index (χ2n) is 15.0. The molecule has 7 rings (SSSR count). The third kappa shape index (κ3) is 14.2. The van der Waals surface area contributed by atoms with Crippen LogP contribution in [-0.2, 0) is 38.1 Å². The van der Waals surface area contributed by atoms with Gasteiger partial charge in [0.1, 0.15) is 20.2 Å². The number of carbonyl (C=O) groups is 2. The van der Waals surface area contributed by atoms with Crippen LogP contribution in [0.5, 0.6) is 0 Å². The van der Waals surface area contributed by atoms with Crippen LogP contribution in [0.1, 0.15) is 40.9 Å². The van der Waals surface area contributed by atoms with Crippen molar-refractivity contribution in [3.05, 3.63) is 162 Å². The van der Waals surface area contributed by atoms with Gasteiger partial charge in [0.05, 0.1) is 46.4 Å². The van der Waals surface area contributed by atoms with E-state index in [1.165, 1.54) is 30.3 Å². The lowest BCUT2D eigenvalue weighted by Crippen LogP contribution is -2.37. The lowest BCUT2D eigenvalue weighted by Gasteiger charge is -2.09. The maximum absolute atomic E-state index is 12.8. The monoisotopic (exact) mass is 958 g/mol. The van der Waals surface area contributed by atoms with Crippen LogP contribution >= 0.6 is 0 Å². The van der Waals surface area contributed by atoms with Crippen LogP contribution in [0, 0.1) is 13.8 Å². The van der Waals surface area contributed by atoms with E-state index in [0.717, 1.165) is 38.9 Å². The predicted octanol–water partition coefficient (Wildman–Crippen LogP) is 5.46. The van der Waals surface area contributed by atoms with E-state index in [1.54, 1.807) is 78.9 Å². The van der Waals surface area contributed by atoms with Gasteiger partial charge in [0, 0.05) is 23.0 Å². The number of benzene rings is 5. The lowest BCUT2D eigenvalue weighted by atomic mass is 10.1. The fourth-order valence-corrected chi connectivity index (χ4v) is 7.14. The van der Waals surface area contributed by atoms with Gasteiger partial charge in [-0.1, -0.05) is 81.8 Å². The second-order valence-corrected chi connectivity index (χ2v) is 17.7. The summed E-state index contributed by atoms with van der Waals surface area (Å²) in [6.07, 6.45) is 6.83. The highest BCUT2D eigenvalue weighted by molar-refractivity contribution is 7.86. The third-order valence-electron chi connectivity index (χ3n) is 10.00. The first-order chi connectivity index (χ1) is 32.1. The molecule has 0 saturated carbocycles. The summed E-state index contributed by atoms with van der Waals surface area (Å²) in [5.41, 5.74) is 31.5. The lowest BCUT2D eigenvalue weighted by molar-refractivity contribution is -0.681. The number of hydrogen-bond acceptors (Lipinski definition) is 14. The Bertz CT molecular complexity index is 3080. The Morgan fingerprint density at radius 3 is 1.32 bits per heavy atom. The summed E-state index contributed by atoms with van der Waals surface area (Å²) in [6, 6.07) is 33.1. The van der Waals surface area contributed by atoms with E-state index in [2.05, 4.69) is 20.6 Å². The quantitative estimate of drug-likeness (QED) is 0.0533. The second kappa shape index (κ2) is 22.4. The fraction of sp³-hybridized carbons (Fsp3) is 0.125. The topological polar surface area (TPSA) is 310 Å². The molecule has 7 aromatic rings. The average molecular weight is 959 g/mol. The van der Waals surface area contributed by atoms with Gasteiger partial charge in [0.25, 0.3) is 5.91 Å². The fourth-order valence-electron chi connectivity index (χ4n) is 6.20. The van der Waals surface area contributed by atoms with Crippen molar-refractivity contribution in [1.29, 1.82) is 0 Å². The van der Waals surface area contributed by atoms with E-state index in [4.69, 9.17) is 22.9 Å². The maximum atomic E-state index is 12.8. The van der Waals surface area contributed by atoms with Crippen LogP contribution in [0.3, 0.4) is 0 Å². The van der Waals surface area contributed by atoms with Gasteiger partial charge in [-0.15, -0.1) is 0 Å². The van der Waals surface area contributed by atoms with Crippen LogP contribution < -0.4 is 42.7 Å². The van der Waals surface area contributed by atoms with E-state index >= 15 is 0 Å². The number of amides is 2. The van der Waals surface area contributed by atoms with Gasteiger partial charge < -0.3 is 31.2 Å². The zero-order valence-corrected chi connectivity index (χ0v) is 39.1. The number of rotatable bonds is 11. The number of hydrogen-bond donors (Lipinski definition) is 6. The smallest absolute Gasteiger partial charge is 0.391 e. The highest BCUT2D eigenvalue weighted by Gasteiger charge is 2.16. The summed E-state index contributed by atoms with van der Waals surface area (Å²) in [6.45, 7) is 8.91. The zero-order valence-electron chi connectivity index (χ0n) is 37.5. The van der Waals surface area contributed by atoms with E-state index < -0.39 is 20.2 Å². The van der Waals surface area contributed by atoms with E-state index in [9.17, 15) is 35.5 Å². The minimum atomic E-state index is -4.27. The number of carbonyl (C=O) groups excluding carboxylic acids is 2. The highest BCUT2D eigenvalue weighted by atomic mass is 32.2. The van der Waals surface area contributed by atoms with E-state index in [0.29, 0.717) is 53.6 Å². The number of nitrogens with two attached hydrogens (primary N) is 4. The molecule has 0 aliphatic heterocycles. The number of aryl methyl sites for hydroxylation is 4. The van der Waals surface area contributed by atoms with Crippen LogP contribution in [0.2, 0.25) is 0 Å². The molecule has 18 nitrogen and oxygen atoms in total. The molecule has 68 heavy (non-hydrogen) atoms. The molecule has 0 unspecified atom stereocenters. The van der Waals surface area contributed by atoms with Gasteiger partial charge >= 0.3 is 11.9 Å². The maximum Gasteiger partial charge on any atom is 0.391 e. The summed E-state index contributed by atoms with van der Waals surface area (Å²) < 4.78 is 66.0. The minimum absolute atomic E-state index is 0.178. The number of nitrogens with zero attached hydrogens (tertiary/aromatic N) is 4. The Balaban J connectivity index is 0.000000319. The molecule has 0 aliphatic rings. The molecular weight excluding hydrogens is 909 g/mol. The molecule has 352 valence electrons. The van der Waals surface area contributed by atoms with Crippen molar-refractivity contribution in [3.63, 3.8) is 0 Å². The van der Waals surface area contributed by atoms with Gasteiger partial charge in [0.2, 0.25) is 17.5 Å². The van der Waals surface area contributed by atoms with Crippen molar-refractivity contribution in [3.8, 4) is 22.3 Å². The van der Waals surface area contributed by atoms with Gasteiger partial charge in [0.15, 0.2) is 0 Å². The Hall–Kier alpha value is -8.04. The number of anilines is 6. The molecule has 5 aromatic carbocycles. The SMILES string of the molecule is CC[n+]1cc(-c2ccc(NC(=O)/C=C/c3ccc(C(=O)Nc4ccc(-c5c[n+](CC)c(N)nc5N)cc4)cc3)cc2)c(N)nc1N.Cc1ccc(S(=O)(=O)[O-])cc1.Cc1ccc(S(=O)(=O)[O-])cc1. The molecule has 0 radical (unpaired) electrons. The third-order valence-corrected chi connectivity index (χ3v) is 11.7. The van der Waals surface area contributed by atoms with Crippen molar-refractivity contribution in [1.82, 2.24) is 9.97 Å². The highest BCUT2D eigenvalue weighted by Crippen LogP contribution is 2.27. The first-order valence-electron chi connectivity index (χ1n) is 20.7. The molecule has 0 saturated heterocycles. The molecule has 0 fully saturated rings. The summed E-state index contributed by atoms with van der Waals surface area (Å²) >= 11 is 0. The predicted molar refractivity (Wildman–Crippen MR) is 259 cm³/mol. The molecule has 2 heterocycles. The van der Waals surface area contributed by atoms with Gasteiger partial charge in [-0.3, -0.25) is 21.1 Å². The molecule has 0 spiro atoms. The zero-order chi connectivity index (χ0) is 49.8. The standard InChI is InChI=1S/C34H34N10O2.2C7H8O3S/c1-3-43-19-27(30(35)41-33(43)37)22-10-14-25(15-11-22)39-29(45)18-7-21-5-8-24(9-6-21)32(46)40-26-16-12-23(13-17-26)28-20-44(4-2)34(38)42-31(28)36;2*1-6-2-4-7(5-3-6)11(8,9)10/h5-20H,3-4H2,1-2H3,(H8,35,36,37,38,39,40,41,42,45,46);2*2-5H,1H3,(H,8,9,10)/b18-7+;;. The number of nitrogens with one attached hydrogen (secondary N) is 2. The van der Waals surface area contributed by atoms with Crippen LogP contribution in [0.15, 0.2) is 150 Å². The van der Waals surface area contributed by atoms with Crippen LogP contribution in [0.25, 0.3) is 28.3 Å². The first kappa shape index (κ1) is 51.0. The number of aromatic nitrogens is 4. The summed E-state index contributed by atoms with van der Waals surface area (Å²) in [5, 5.41) is 5.74. The summed E-state index contributed by atoms with van der Waals surface area (Å²) in [7, 11) is -8.54. The van der Waals surface area contributed by atoms with Crippen molar-refractivity contribution in [2.24, 2.45) is 0 Å². The van der Waals surface area contributed by atoms with Crippen LogP contribution in [0.4, 0.5) is 34.9 Å². The van der Waals surface area contributed by atoms with Crippen molar-refractivity contribution in [2.45, 2.75) is 50.6 Å². The van der Waals surface area contributed by atoms with Crippen molar-refractivity contribution >= 4 is 73.0 Å². The van der Waals surface area contributed by atoms with Crippen molar-refractivity contribution < 1.29 is 44.7 Å². The Morgan fingerprint density at radius 1 is 0.574 bits per heavy atom. The summed E-state index contributed by atoms with van der Waals surface area (Å²) in [4.78, 5) is 33.5. The average Bonchev–Trinajstić information content (AvgIpc) is 3.29. The molecule has 10 N–H and O–H groups in total.